The van der Waals surface area contributed by atoms with Crippen molar-refractivity contribution in [1.82, 2.24) is 4.90 Å². The van der Waals surface area contributed by atoms with Gasteiger partial charge in [0, 0.05) is 19.7 Å². The van der Waals surface area contributed by atoms with Gasteiger partial charge in [-0.05, 0) is 18.8 Å². The van der Waals surface area contributed by atoms with Crippen molar-refractivity contribution >= 4 is 11.9 Å². The second kappa shape index (κ2) is 6.44. The molecule has 0 bridgehead atoms. The number of aliphatic hydroxyl groups is 1. The van der Waals surface area contributed by atoms with E-state index in [9.17, 15) is 9.59 Å². The van der Waals surface area contributed by atoms with E-state index in [0.717, 1.165) is 12.8 Å². The molecule has 16 heavy (non-hydrogen) atoms. The first-order chi connectivity index (χ1) is 7.63. The number of piperidine rings is 1. The lowest BCUT2D eigenvalue weighted by molar-refractivity contribution is -0.146. The molecule has 1 saturated heterocycles. The Hall–Kier alpha value is -1.14. The molecule has 2 N–H and O–H groups in total. The summed E-state index contributed by atoms with van der Waals surface area (Å²) in [7, 11) is 0. The van der Waals surface area contributed by atoms with Crippen molar-refractivity contribution in [1.29, 1.82) is 0 Å². The van der Waals surface area contributed by atoms with Crippen molar-refractivity contribution < 1.29 is 24.5 Å². The highest BCUT2D eigenvalue weighted by Gasteiger charge is 2.22. The number of carboxylic acids is 1. The van der Waals surface area contributed by atoms with E-state index in [-0.39, 0.29) is 25.0 Å². The Balaban J connectivity index is 2.20. The smallest absolute Gasteiger partial charge is 0.329 e. The van der Waals surface area contributed by atoms with Crippen molar-refractivity contribution in [3.8, 4) is 0 Å². The Morgan fingerprint density at radius 2 is 1.88 bits per heavy atom. The summed E-state index contributed by atoms with van der Waals surface area (Å²) in [5.74, 6) is -0.978. The van der Waals surface area contributed by atoms with E-state index in [2.05, 4.69) is 0 Å². The third kappa shape index (κ3) is 4.16. The number of rotatable bonds is 5. The predicted octanol–water partition coefficient (Wildman–Crippen LogP) is -0.681. The van der Waals surface area contributed by atoms with Crippen LogP contribution >= 0.6 is 0 Å². The number of carboxylic acid groups (broad SMARTS) is 1. The lowest BCUT2D eigenvalue weighted by Gasteiger charge is -2.30. The molecule has 0 saturated carbocycles. The average molecular weight is 231 g/mol. The first-order valence-corrected chi connectivity index (χ1v) is 5.31. The fraction of sp³-hybridized carbons (Fsp3) is 0.800. The zero-order valence-corrected chi connectivity index (χ0v) is 9.09. The number of aliphatic carboxylic acids is 1. The fourth-order valence-electron chi connectivity index (χ4n) is 1.68. The minimum Gasteiger partial charge on any atom is -0.480 e. The van der Waals surface area contributed by atoms with Gasteiger partial charge in [-0.3, -0.25) is 4.79 Å². The van der Waals surface area contributed by atoms with Crippen LogP contribution in [0.4, 0.5) is 0 Å². The number of nitrogens with zero attached hydrogens (tertiary/aromatic N) is 1. The first kappa shape index (κ1) is 12.9. The second-order valence-electron chi connectivity index (χ2n) is 3.89. The number of aliphatic hydroxyl groups excluding tert-OH is 1. The molecule has 1 amide bonds. The van der Waals surface area contributed by atoms with E-state index in [0.29, 0.717) is 13.1 Å². The minimum atomic E-state index is -1.08. The van der Waals surface area contributed by atoms with Gasteiger partial charge < -0.3 is 19.8 Å². The van der Waals surface area contributed by atoms with Gasteiger partial charge in [0.05, 0.1) is 0 Å². The van der Waals surface area contributed by atoms with E-state index >= 15 is 0 Å². The molecule has 6 heteroatoms. The number of likely N-dealkylation sites (tertiary alicyclic amines) is 1. The minimum absolute atomic E-state index is 0.164. The summed E-state index contributed by atoms with van der Waals surface area (Å²) < 4.78 is 4.72. The van der Waals surface area contributed by atoms with Crippen molar-refractivity contribution in [2.24, 2.45) is 5.92 Å². The Morgan fingerprint density at radius 1 is 1.25 bits per heavy atom. The highest BCUT2D eigenvalue weighted by atomic mass is 16.5. The molecule has 1 heterocycles. The molecule has 0 unspecified atom stereocenters. The number of carbonyl (C=O) groups is 2. The molecule has 1 aliphatic rings. The van der Waals surface area contributed by atoms with Gasteiger partial charge >= 0.3 is 5.97 Å². The van der Waals surface area contributed by atoms with Crippen LogP contribution in [0.5, 0.6) is 0 Å². The Kier molecular flexibility index (Phi) is 5.21. The van der Waals surface area contributed by atoms with Gasteiger partial charge in [0.15, 0.2) is 0 Å². The van der Waals surface area contributed by atoms with Crippen molar-refractivity contribution in [2.75, 3.05) is 32.9 Å². The van der Waals surface area contributed by atoms with Crippen LogP contribution in [0.2, 0.25) is 0 Å². The Morgan fingerprint density at radius 3 is 2.38 bits per heavy atom. The Labute approximate surface area is 93.8 Å². The molecule has 6 nitrogen and oxygen atoms in total. The second-order valence-corrected chi connectivity index (χ2v) is 3.89. The summed E-state index contributed by atoms with van der Waals surface area (Å²) in [5, 5.41) is 17.3. The van der Waals surface area contributed by atoms with Crippen molar-refractivity contribution in [3.05, 3.63) is 0 Å². The average Bonchev–Trinajstić information content (AvgIpc) is 2.28. The molecule has 1 rings (SSSR count). The lowest BCUT2D eigenvalue weighted by Crippen LogP contribution is -2.41. The number of hydrogen-bond acceptors (Lipinski definition) is 4. The van der Waals surface area contributed by atoms with Gasteiger partial charge in [0.1, 0.15) is 13.2 Å². The molecule has 0 aromatic rings. The molecule has 0 aliphatic carbocycles. The maximum Gasteiger partial charge on any atom is 0.329 e. The topological polar surface area (TPSA) is 87.1 Å². The molecule has 0 spiro atoms. The molecule has 1 fully saturated rings. The van der Waals surface area contributed by atoms with E-state index in [1.165, 1.54) is 0 Å². The van der Waals surface area contributed by atoms with E-state index in [4.69, 9.17) is 14.9 Å². The summed E-state index contributed by atoms with van der Waals surface area (Å²) in [6.07, 6.45) is 1.59. The van der Waals surface area contributed by atoms with Crippen LogP contribution < -0.4 is 0 Å². The molecule has 0 aromatic heterocycles. The highest BCUT2D eigenvalue weighted by molar-refractivity contribution is 5.78. The van der Waals surface area contributed by atoms with E-state index in [1.54, 1.807) is 4.90 Å². The first-order valence-electron chi connectivity index (χ1n) is 5.31. The molecular weight excluding hydrogens is 214 g/mol. The van der Waals surface area contributed by atoms with E-state index in [1.807, 2.05) is 0 Å². The predicted molar refractivity (Wildman–Crippen MR) is 54.8 cm³/mol. The third-order valence-corrected chi connectivity index (χ3v) is 2.68. The monoisotopic (exact) mass is 231 g/mol. The standard InChI is InChI=1S/C10H17NO5/c12-5-8-1-3-11(4-2-8)9(13)6-16-7-10(14)15/h8,12H,1-7H2,(H,14,15). The maximum atomic E-state index is 11.5. The summed E-state index contributed by atoms with van der Waals surface area (Å²) in [5.41, 5.74) is 0. The lowest BCUT2D eigenvalue weighted by atomic mass is 9.98. The number of amides is 1. The van der Waals surface area contributed by atoms with Crippen molar-refractivity contribution in [2.45, 2.75) is 12.8 Å². The highest BCUT2D eigenvalue weighted by Crippen LogP contribution is 2.16. The van der Waals surface area contributed by atoms with E-state index < -0.39 is 12.6 Å². The van der Waals surface area contributed by atoms with Crippen LogP contribution in [0.25, 0.3) is 0 Å². The summed E-state index contributed by atoms with van der Waals surface area (Å²) >= 11 is 0. The summed E-state index contributed by atoms with van der Waals surface area (Å²) in [4.78, 5) is 23.3. The quantitative estimate of drug-likeness (QED) is 0.654. The normalized spacial score (nSPS) is 17.4. The van der Waals surface area contributed by atoms with Crippen LogP contribution in [-0.2, 0) is 14.3 Å². The largest absolute Gasteiger partial charge is 0.480 e. The summed E-state index contributed by atoms with van der Waals surface area (Å²) in [6, 6.07) is 0. The summed E-state index contributed by atoms with van der Waals surface area (Å²) in [6.45, 7) is 0.757. The number of hydrogen-bond donors (Lipinski definition) is 2. The SMILES string of the molecule is O=C(O)COCC(=O)N1CCC(CO)CC1. The third-order valence-electron chi connectivity index (χ3n) is 2.68. The van der Waals surface area contributed by atoms with Gasteiger partial charge in [-0.1, -0.05) is 0 Å². The zero-order valence-electron chi connectivity index (χ0n) is 9.09. The van der Waals surface area contributed by atoms with Gasteiger partial charge in [0.2, 0.25) is 5.91 Å². The van der Waals surface area contributed by atoms with Gasteiger partial charge in [0.25, 0.3) is 0 Å². The van der Waals surface area contributed by atoms with Crippen LogP contribution in [0.15, 0.2) is 0 Å². The maximum absolute atomic E-state index is 11.5. The van der Waals surface area contributed by atoms with Gasteiger partial charge in [-0.2, -0.15) is 0 Å². The number of carbonyl (C=O) groups excluding carboxylic acids is 1. The zero-order chi connectivity index (χ0) is 12.0. The van der Waals surface area contributed by atoms with Crippen molar-refractivity contribution in [3.63, 3.8) is 0 Å². The molecule has 0 atom stereocenters. The molecule has 0 radical (unpaired) electrons. The Bertz CT molecular complexity index is 248. The van der Waals surface area contributed by atoms with Crippen LogP contribution in [0.1, 0.15) is 12.8 Å². The van der Waals surface area contributed by atoms with Crippen LogP contribution in [-0.4, -0.2) is 59.9 Å². The fourth-order valence-corrected chi connectivity index (χ4v) is 1.68. The molecular formula is C10H17NO5. The van der Waals surface area contributed by atoms with Crippen LogP contribution in [0, 0.1) is 5.92 Å². The number of ether oxygens (including phenoxy) is 1. The molecule has 1 aliphatic heterocycles. The van der Waals surface area contributed by atoms with Gasteiger partial charge in [-0.25, -0.2) is 4.79 Å². The molecule has 92 valence electrons. The van der Waals surface area contributed by atoms with Crippen LogP contribution in [0.3, 0.4) is 0 Å². The molecule has 0 aromatic carbocycles. The van der Waals surface area contributed by atoms with Gasteiger partial charge in [-0.15, -0.1) is 0 Å².